The summed E-state index contributed by atoms with van der Waals surface area (Å²) in [6, 6.07) is 2.28. The van der Waals surface area contributed by atoms with Crippen molar-refractivity contribution in [1.82, 2.24) is 10.4 Å². The second-order valence-corrected chi connectivity index (χ2v) is 4.04. The van der Waals surface area contributed by atoms with E-state index in [0.717, 1.165) is 0 Å². The van der Waals surface area contributed by atoms with Gasteiger partial charge in [-0.1, -0.05) is 11.6 Å². The number of rotatable bonds is 3. The van der Waals surface area contributed by atoms with Gasteiger partial charge >= 0.3 is 5.97 Å². The van der Waals surface area contributed by atoms with Crippen LogP contribution in [0.2, 0.25) is 5.02 Å². The Labute approximate surface area is 109 Å². The minimum atomic E-state index is -1.03. The molecule has 1 atom stereocenters. The van der Waals surface area contributed by atoms with Gasteiger partial charge in [-0.05, 0) is 19.1 Å². The fourth-order valence-electron chi connectivity index (χ4n) is 1.70. The van der Waals surface area contributed by atoms with Gasteiger partial charge < -0.3 is 4.74 Å². The lowest BCUT2D eigenvalue weighted by molar-refractivity contribution is -0.146. The van der Waals surface area contributed by atoms with Gasteiger partial charge in [0.25, 0.3) is 0 Å². The highest BCUT2D eigenvalue weighted by molar-refractivity contribution is 6.33. The van der Waals surface area contributed by atoms with Crippen LogP contribution in [0.1, 0.15) is 6.92 Å². The van der Waals surface area contributed by atoms with Crippen LogP contribution in [0.25, 0.3) is 0 Å². The summed E-state index contributed by atoms with van der Waals surface area (Å²) in [5.74, 6) is -0.535. The molecule has 1 aromatic heterocycles. The normalized spacial score (nSPS) is 19.1. The number of hydrazine groups is 1. The summed E-state index contributed by atoms with van der Waals surface area (Å²) in [5, 5.41) is 1.71. The molecule has 0 saturated carbocycles. The molecule has 1 saturated heterocycles. The standard InChI is InChI=1S/C11H12ClN3O3/c1-2-18-11(17)9-8(16)6-14-15(9)10-7(12)4-3-5-13-10/h3-5,9,14H,2,6H2,1H3/t9-/m0/s1. The Morgan fingerprint density at radius 1 is 1.72 bits per heavy atom. The van der Waals surface area contributed by atoms with Gasteiger partial charge in [0.05, 0.1) is 18.2 Å². The number of nitrogens with one attached hydrogen (secondary N) is 1. The maximum Gasteiger partial charge on any atom is 0.338 e. The quantitative estimate of drug-likeness (QED) is 0.639. The molecule has 1 aromatic rings. The maximum atomic E-state index is 11.8. The van der Waals surface area contributed by atoms with Crippen LogP contribution in [0, 0.1) is 0 Å². The predicted octanol–water partition coefficient (Wildman–Crippen LogP) is 0.560. The van der Waals surface area contributed by atoms with Gasteiger partial charge in [-0.25, -0.2) is 15.2 Å². The molecule has 1 aliphatic heterocycles. The summed E-state index contributed by atoms with van der Waals surface area (Å²) in [7, 11) is 0. The number of halogens is 1. The summed E-state index contributed by atoms with van der Waals surface area (Å²) in [4.78, 5) is 27.5. The van der Waals surface area contributed by atoms with E-state index in [9.17, 15) is 9.59 Å². The van der Waals surface area contributed by atoms with Crippen LogP contribution >= 0.6 is 11.6 Å². The minimum Gasteiger partial charge on any atom is -0.464 e. The van der Waals surface area contributed by atoms with E-state index in [0.29, 0.717) is 10.8 Å². The molecular weight excluding hydrogens is 258 g/mol. The molecule has 0 aliphatic carbocycles. The summed E-state index contributed by atoms with van der Waals surface area (Å²) >= 11 is 5.99. The van der Waals surface area contributed by atoms with E-state index >= 15 is 0 Å². The number of hydrogen-bond donors (Lipinski definition) is 1. The third kappa shape index (κ3) is 2.30. The minimum absolute atomic E-state index is 0.0520. The van der Waals surface area contributed by atoms with E-state index < -0.39 is 12.0 Å². The van der Waals surface area contributed by atoms with Crippen LogP contribution in [0.3, 0.4) is 0 Å². The highest BCUT2D eigenvalue weighted by Gasteiger charge is 2.40. The molecule has 0 unspecified atom stereocenters. The predicted molar refractivity (Wildman–Crippen MR) is 65.2 cm³/mol. The number of carbonyl (C=O) groups excluding carboxylic acids is 2. The molecule has 0 aromatic carbocycles. The first kappa shape index (κ1) is 12.8. The van der Waals surface area contributed by atoms with Crippen molar-refractivity contribution in [3.63, 3.8) is 0 Å². The van der Waals surface area contributed by atoms with Gasteiger partial charge in [-0.3, -0.25) is 9.80 Å². The fraction of sp³-hybridized carbons (Fsp3) is 0.364. The van der Waals surface area contributed by atoms with Crippen LogP contribution in [0.15, 0.2) is 18.3 Å². The van der Waals surface area contributed by atoms with E-state index in [1.54, 1.807) is 19.1 Å². The Hall–Kier alpha value is -1.66. The average Bonchev–Trinajstić information content (AvgIpc) is 2.72. The number of Topliss-reactive ketones (excluding diaryl/α,β-unsaturated/α-hetero) is 1. The smallest absolute Gasteiger partial charge is 0.338 e. The van der Waals surface area contributed by atoms with Crippen molar-refractivity contribution < 1.29 is 14.3 Å². The maximum absolute atomic E-state index is 11.8. The molecule has 0 bridgehead atoms. The number of ketones is 1. The average molecular weight is 270 g/mol. The zero-order valence-corrected chi connectivity index (χ0v) is 10.5. The number of hydrogen-bond acceptors (Lipinski definition) is 6. The number of esters is 1. The summed E-state index contributed by atoms with van der Waals surface area (Å²) < 4.78 is 4.88. The Bertz CT molecular complexity index is 480. The fourth-order valence-corrected chi connectivity index (χ4v) is 1.92. The third-order valence-electron chi connectivity index (χ3n) is 2.46. The number of carbonyl (C=O) groups is 2. The Morgan fingerprint density at radius 2 is 2.50 bits per heavy atom. The molecule has 1 fully saturated rings. The van der Waals surface area contributed by atoms with Gasteiger partial charge in [-0.15, -0.1) is 0 Å². The van der Waals surface area contributed by atoms with Gasteiger partial charge in [0.1, 0.15) is 0 Å². The van der Waals surface area contributed by atoms with Crippen molar-refractivity contribution in [1.29, 1.82) is 0 Å². The van der Waals surface area contributed by atoms with Crippen molar-refractivity contribution in [3.05, 3.63) is 23.4 Å². The second-order valence-electron chi connectivity index (χ2n) is 3.63. The zero-order valence-electron chi connectivity index (χ0n) is 9.72. The molecule has 2 heterocycles. The number of aromatic nitrogens is 1. The molecule has 0 amide bonds. The van der Waals surface area contributed by atoms with Crippen molar-refractivity contribution >= 4 is 29.2 Å². The lowest BCUT2D eigenvalue weighted by atomic mass is 10.2. The van der Waals surface area contributed by atoms with Crippen LogP contribution in [0.5, 0.6) is 0 Å². The Balaban J connectivity index is 2.30. The van der Waals surface area contributed by atoms with E-state index in [4.69, 9.17) is 16.3 Å². The van der Waals surface area contributed by atoms with E-state index in [1.165, 1.54) is 11.2 Å². The summed E-state index contributed by atoms with van der Waals surface area (Å²) in [5.41, 5.74) is 2.79. The third-order valence-corrected chi connectivity index (χ3v) is 2.76. The van der Waals surface area contributed by atoms with Crippen LogP contribution in [-0.2, 0) is 14.3 Å². The highest BCUT2D eigenvalue weighted by atomic mass is 35.5. The van der Waals surface area contributed by atoms with Gasteiger partial charge in [0.15, 0.2) is 11.6 Å². The summed E-state index contributed by atoms with van der Waals surface area (Å²) in [6.45, 7) is 1.95. The first-order valence-corrected chi connectivity index (χ1v) is 5.85. The topological polar surface area (TPSA) is 71.5 Å². The van der Waals surface area contributed by atoms with E-state index in [1.807, 2.05) is 0 Å². The van der Waals surface area contributed by atoms with Gasteiger partial charge in [-0.2, -0.15) is 0 Å². The van der Waals surface area contributed by atoms with Crippen molar-refractivity contribution in [2.75, 3.05) is 18.2 Å². The molecule has 1 aliphatic rings. The molecule has 0 spiro atoms. The SMILES string of the molecule is CCOC(=O)[C@@H]1C(=O)CNN1c1ncccc1Cl. The molecule has 96 valence electrons. The number of nitrogens with zero attached hydrogens (tertiary/aromatic N) is 2. The monoisotopic (exact) mass is 269 g/mol. The van der Waals surface area contributed by atoms with E-state index in [-0.39, 0.29) is 18.9 Å². The zero-order chi connectivity index (χ0) is 13.1. The molecule has 7 heteroatoms. The molecule has 6 nitrogen and oxygen atoms in total. The number of ether oxygens (including phenoxy) is 1. The highest BCUT2D eigenvalue weighted by Crippen LogP contribution is 2.25. The molecular formula is C11H12ClN3O3. The van der Waals surface area contributed by atoms with Crippen molar-refractivity contribution in [2.45, 2.75) is 13.0 Å². The number of anilines is 1. The van der Waals surface area contributed by atoms with Crippen molar-refractivity contribution in [3.8, 4) is 0 Å². The molecule has 18 heavy (non-hydrogen) atoms. The second kappa shape index (κ2) is 5.32. The van der Waals surface area contributed by atoms with Crippen LogP contribution < -0.4 is 10.4 Å². The lowest BCUT2D eigenvalue weighted by Gasteiger charge is -2.22. The van der Waals surface area contributed by atoms with Crippen LogP contribution in [0.4, 0.5) is 5.82 Å². The van der Waals surface area contributed by atoms with Crippen molar-refractivity contribution in [2.24, 2.45) is 0 Å². The number of pyridine rings is 1. The largest absolute Gasteiger partial charge is 0.464 e. The van der Waals surface area contributed by atoms with E-state index in [2.05, 4.69) is 10.4 Å². The summed E-state index contributed by atoms with van der Waals surface area (Å²) in [6.07, 6.45) is 1.54. The Morgan fingerprint density at radius 3 is 3.17 bits per heavy atom. The lowest BCUT2D eigenvalue weighted by Crippen LogP contribution is -2.45. The van der Waals surface area contributed by atoms with Gasteiger partial charge in [0, 0.05) is 6.20 Å². The first-order chi connectivity index (χ1) is 8.65. The van der Waals surface area contributed by atoms with Gasteiger partial charge in [0.2, 0.25) is 6.04 Å². The first-order valence-electron chi connectivity index (χ1n) is 5.47. The molecule has 0 radical (unpaired) electrons. The Kier molecular flexibility index (Phi) is 3.78. The molecule has 2 rings (SSSR count). The van der Waals surface area contributed by atoms with Crippen LogP contribution in [-0.4, -0.2) is 35.9 Å². The molecule has 1 N–H and O–H groups in total.